The molecular weight excluding hydrogens is 196 g/mol. The summed E-state index contributed by atoms with van der Waals surface area (Å²) in [5.41, 5.74) is 0. The van der Waals surface area contributed by atoms with E-state index in [0.29, 0.717) is 0 Å². The summed E-state index contributed by atoms with van der Waals surface area (Å²) in [6.45, 7) is 10.1. The molecule has 0 spiro atoms. The summed E-state index contributed by atoms with van der Waals surface area (Å²) >= 11 is 0. The fourth-order valence-electron chi connectivity index (χ4n) is 3.44. The molecule has 0 aromatic carbocycles. The minimum Gasteiger partial charge on any atom is -0.306 e. The van der Waals surface area contributed by atoms with Gasteiger partial charge in [0.1, 0.15) is 0 Å². The van der Waals surface area contributed by atoms with Crippen molar-refractivity contribution in [3.63, 3.8) is 0 Å². The molecule has 0 amide bonds. The molecule has 2 atom stereocenters. The molecule has 0 saturated carbocycles. The van der Waals surface area contributed by atoms with Crippen LogP contribution in [0, 0.1) is 11.8 Å². The van der Waals surface area contributed by atoms with Gasteiger partial charge in [0.2, 0.25) is 0 Å². The Bertz CT molecular complexity index is 209. The van der Waals surface area contributed by atoms with Crippen molar-refractivity contribution >= 4 is 0 Å². The maximum Gasteiger partial charge on any atom is 0.00643 e. The van der Waals surface area contributed by atoms with E-state index in [2.05, 4.69) is 30.7 Å². The topological polar surface area (TPSA) is 6.48 Å². The van der Waals surface area contributed by atoms with E-state index in [1.54, 1.807) is 0 Å². The van der Waals surface area contributed by atoms with Crippen molar-refractivity contribution in [1.82, 2.24) is 9.80 Å². The van der Waals surface area contributed by atoms with Gasteiger partial charge in [-0.1, -0.05) is 6.92 Å². The van der Waals surface area contributed by atoms with E-state index in [9.17, 15) is 0 Å². The second kappa shape index (κ2) is 5.50. The molecule has 0 N–H and O–H groups in total. The van der Waals surface area contributed by atoms with Gasteiger partial charge in [-0.05, 0) is 71.1 Å². The van der Waals surface area contributed by atoms with Crippen LogP contribution in [0.25, 0.3) is 0 Å². The van der Waals surface area contributed by atoms with Crippen molar-refractivity contribution < 1.29 is 0 Å². The van der Waals surface area contributed by atoms with Crippen LogP contribution in [0.1, 0.15) is 39.5 Å². The lowest BCUT2D eigenvalue weighted by atomic mass is 9.83. The van der Waals surface area contributed by atoms with Gasteiger partial charge in [0, 0.05) is 12.6 Å². The van der Waals surface area contributed by atoms with Gasteiger partial charge in [-0.2, -0.15) is 0 Å². The van der Waals surface area contributed by atoms with Crippen molar-refractivity contribution in [3.05, 3.63) is 0 Å². The zero-order valence-electron chi connectivity index (χ0n) is 11.3. The second-order valence-electron chi connectivity index (χ2n) is 5.94. The van der Waals surface area contributed by atoms with Gasteiger partial charge in [0.15, 0.2) is 0 Å². The number of likely N-dealkylation sites (tertiary alicyclic amines) is 2. The molecule has 0 aromatic heterocycles. The lowest BCUT2D eigenvalue weighted by molar-refractivity contribution is 0.114. The number of rotatable bonds is 3. The third-order valence-electron chi connectivity index (χ3n) is 4.88. The lowest BCUT2D eigenvalue weighted by Gasteiger charge is -2.37. The number of nitrogens with zero attached hydrogens (tertiary/aromatic N) is 2. The highest BCUT2D eigenvalue weighted by Crippen LogP contribution is 2.31. The highest BCUT2D eigenvalue weighted by atomic mass is 15.2. The van der Waals surface area contributed by atoms with Crippen LogP contribution >= 0.6 is 0 Å². The lowest BCUT2D eigenvalue weighted by Crippen LogP contribution is -2.41. The van der Waals surface area contributed by atoms with E-state index in [1.807, 2.05) is 0 Å². The molecule has 0 bridgehead atoms. The summed E-state index contributed by atoms with van der Waals surface area (Å²) in [6.07, 6.45) is 5.65. The maximum absolute atomic E-state index is 2.69. The predicted octanol–water partition coefficient (Wildman–Crippen LogP) is 2.45. The molecule has 2 nitrogen and oxygen atoms in total. The molecular formula is C14H28N2. The predicted molar refractivity (Wildman–Crippen MR) is 69.7 cm³/mol. The Morgan fingerprint density at radius 3 is 2.19 bits per heavy atom. The second-order valence-corrected chi connectivity index (χ2v) is 5.94. The highest BCUT2D eigenvalue weighted by Gasteiger charge is 2.31. The summed E-state index contributed by atoms with van der Waals surface area (Å²) in [4.78, 5) is 5.20. The molecule has 2 heterocycles. The first kappa shape index (κ1) is 12.4. The maximum atomic E-state index is 2.69. The van der Waals surface area contributed by atoms with Crippen LogP contribution in [0.4, 0.5) is 0 Å². The van der Waals surface area contributed by atoms with Gasteiger partial charge in [0.25, 0.3) is 0 Å². The van der Waals surface area contributed by atoms with Crippen LogP contribution in [-0.4, -0.2) is 49.1 Å². The Hall–Kier alpha value is -0.0800. The zero-order chi connectivity index (χ0) is 11.5. The van der Waals surface area contributed by atoms with Crippen LogP contribution in [0.15, 0.2) is 0 Å². The molecule has 2 fully saturated rings. The minimum absolute atomic E-state index is 0.798. The van der Waals surface area contributed by atoms with Crippen molar-refractivity contribution in [2.24, 2.45) is 11.8 Å². The Morgan fingerprint density at radius 2 is 1.69 bits per heavy atom. The summed E-state index contributed by atoms with van der Waals surface area (Å²) in [5.74, 6) is 2.02. The molecule has 2 aliphatic heterocycles. The minimum atomic E-state index is 0.798. The molecule has 0 aliphatic carbocycles. The Morgan fingerprint density at radius 1 is 1.06 bits per heavy atom. The van der Waals surface area contributed by atoms with Gasteiger partial charge in [-0.15, -0.1) is 0 Å². The van der Waals surface area contributed by atoms with Gasteiger partial charge < -0.3 is 9.80 Å². The third-order valence-corrected chi connectivity index (χ3v) is 4.88. The van der Waals surface area contributed by atoms with E-state index < -0.39 is 0 Å². The largest absolute Gasteiger partial charge is 0.306 e. The van der Waals surface area contributed by atoms with Crippen LogP contribution in [0.2, 0.25) is 0 Å². The number of piperidine rings is 1. The van der Waals surface area contributed by atoms with E-state index in [0.717, 1.165) is 17.9 Å². The smallest absolute Gasteiger partial charge is 0.00643 e. The van der Waals surface area contributed by atoms with Gasteiger partial charge in [-0.25, -0.2) is 0 Å². The van der Waals surface area contributed by atoms with Crippen molar-refractivity contribution in [2.75, 3.05) is 33.2 Å². The average molecular weight is 224 g/mol. The SMILES string of the molecule is CCC(C)N1CCC(C2CCN(C)C2)CC1. The first-order chi connectivity index (χ1) is 7.70. The molecule has 16 heavy (non-hydrogen) atoms. The fourth-order valence-corrected chi connectivity index (χ4v) is 3.44. The van der Waals surface area contributed by atoms with Crippen molar-refractivity contribution in [1.29, 1.82) is 0 Å². The molecule has 0 radical (unpaired) electrons. The Labute approximate surface area is 101 Å². The highest BCUT2D eigenvalue weighted by molar-refractivity contribution is 4.84. The van der Waals surface area contributed by atoms with Crippen molar-refractivity contribution in [2.45, 2.75) is 45.6 Å². The van der Waals surface area contributed by atoms with Crippen LogP contribution in [0.3, 0.4) is 0 Å². The Balaban J connectivity index is 1.77. The third kappa shape index (κ3) is 2.78. The van der Waals surface area contributed by atoms with Gasteiger partial charge in [0.05, 0.1) is 0 Å². The number of hydrogen-bond donors (Lipinski definition) is 0. The van der Waals surface area contributed by atoms with Gasteiger partial charge >= 0.3 is 0 Å². The molecule has 2 heteroatoms. The van der Waals surface area contributed by atoms with Crippen LogP contribution < -0.4 is 0 Å². The zero-order valence-corrected chi connectivity index (χ0v) is 11.3. The summed E-state index contributed by atoms with van der Waals surface area (Å²) in [6, 6.07) is 0.798. The monoisotopic (exact) mass is 224 g/mol. The molecule has 2 saturated heterocycles. The molecule has 0 aromatic rings. The number of hydrogen-bond acceptors (Lipinski definition) is 2. The van der Waals surface area contributed by atoms with Crippen LogP contribution in [-0.2, 0) is 0 Å². The Kier molecular flexibility index (Phi) is 4.26. The molecule has 2 unspecified atom stereocenters. The van der Waals surface area contributed by atoms with E-state index in [1.165, 1.54) is 51.9 Å². The van der Waals surface area contributed by atoms with E-state index >= 15 is 0 Å². The summed E-state index contributed by atoms with van der Waals surface area (Å²) in [7, 11) is 2.27. The normalized spacial score (nSPS) is 32.1. The quantitative estimate of drug-likeness (QED) is 0.726. The molecule has 2 aliphatic rings. The fraction of sp³-hybridized carbons (Fsp3) is 1.00. The molecule has 2 rings (SSSR count). The first-order valence-corrected chi connectivity index (χ1v) is 7.13. The van der Waals surface area contributed by atoms with E-state index in [-0.39, 0.29) is 0 Å². The summed E-state index contributed by atoms with van der Waals surface area (Å²) < 4.78 is 0. The molecule has 94 valence electrons. The summed E-state index contributed by atoms with van der Waals surface area (Å²) in [5, 5.41) is 0. The first-order valence-electron chi connectivity index (χ1n) is 7.13. The van der Waals surface area contributed by atoms with Crippen LogP contribution in [0.5, 0.6) is 0 Å². The van der Waals surface area contributed by atoms with Gasteiger partial charge in [-0.3, -0.25) is 0 Å². The standard InChI is InChI=1S/C14H28N2/c1-4-12(2)16-9-6-13(7-10-16)14-5-8-15(3)11-14/h12-14H,4-11H2,1-3H3. The average Bonchev–Trinajstić information content (AvgIpc) is 2.75. The van der Waals surface area contributed by atoms with Crippen molar-refractivity contribution in [3.8, 4) is 0 Å². The van der Waals surface area contributed by atoms with E-state index in [4.69, 9.17) is 0 Å².